The zero-order valence-electron chi connectivity index (χ0n) is 14.5. The van der Waals surface area contributed by atoms with Crippen molar-refractivity contribution in [2.24, 2.45) is 5.92 Å². The molecule has 1 aromatic carbocycles. The first-order chi connectivity index (χ1) is 12.9. The van der Waals surface area contributed by atoms with Crippen LogP contribution >= 0.6 is 0 Å². The number of aromatic nitrogens is 2. The second-order valence-electron chi connectivity index (χ2n) is 6.59. The molecule has 3 atom stereocenters. The molecule has 4 nitrogen and oxygen atoms in total. The van der Waals surface area contributed by atoms with Crippen LogP contribution in [0.1, 0.15) is 35.6 Å². The van der Waals surface area contributed by atoms with E-state index in [1.807, 2.05) is 30.3 Å². The molecule has 0 spiro atoms. The third-order valence-electron chi connectivity index (χ3n) is 4.92. The van der Waals surface area contributed by atoms with Gasteiger partial charge in [-0.1, -0.05) is 30.3 Å². The van der Waals surface area contributed by atoms with E-state index in [-0.39, 0.29) is 36.0 Å². The molecule has 0 N–H and O–H groups in total. The molecule has 7 heteroatoms. The van der Waals surface area contributed by atoms with Gasteiger partial charge in [-0.3, -0.25) is 4.79 Å². The molecule has 1 fully saturated rings. The molecule has 1 aliphatic carbocycles. The van der Waals surface area contributed by atoms with Crippen LogP contribution < -0.4 is 0 Å². The highest BCUT2D eigenvalue weighted by Gasteiger charge is 2.57. The highest BCUT2D eigenvalue weighted by molar-refractivity contribution is 5.80. The van der Waals surface area contributed by atoms with Crippen LogP contribution in [-0.4, -0.2) is 22.0 Å². The van der Waals surface area contributed by atoms with E-state index in [9.17, 15) is 18.0 Å². The highest BCUT2D eigenvalue weighted by Crippen LogP contribution is 2.61. The van der Waals surface area contributed by atoms with Gasteiger partial charge in [-0.2, -0.15) is 13.2 Å². The third kappa shape index (κ3) is 3.18. The fraction of sp³-hybridized carbons (Fsp3) is 0.300. The van der Waals surface area contributed by atoms with Crippen LogP contribution in [0.4, 0.5) is 13.2 Å². The van der Waals surface area contributed by atoms with E-state index in [0.29, 0.717) is 0 Å². The first-order valence-corrected chi connectivity index (χ1v) is 8.67. The van der Waals surface area contributed by atoms with Crippen LogP contribution in [0.5, 0.6) is 0 Å². The quantitative estimate of drug-likeness (QED) is 0.635. The number of pyridine rings is 1. The van der Waals surface area contributed by atoms with E-state index >= 15 is 0 Å². The average Bonchev–Trinajstić information content (AvgIpc) is 3.23. The maximum atomic E-state index is 12.9. The number of ether oxygens (including phenoxy) is 1. The van der Waals surface area contributed by atoms with Crippen molar-refractivity contribution in [2.45, 2.75) is 24.9 Å². The highest BCUT2D eigenvalue weighted by atomic mass is 19.4. The predicted octanol–water partition coefficient (Wildman–Crippen LogP) is 4.41. The molecular formula is C20H17F3N2O2. The minimum absolute atomic E-state index is 0.0512. The van der Waals surface area contributed by atoms with Gasteiger partial charge in [-0.25, -0.2) is 4.98 Å². The standard InChI is InChI=1S/C20H17F3N2O2/c1-2-27-19(26)18-16(12-6-4-3-5-7-12)17(18)13-8-9-25-11-14(20(21,22)23)24-15(25)10-13/h3-11,16-18H,2H2,1H3. The number of imidazole rings is 1. The summed E-state index contributed by atoms with van der Waals surface area (Å²) in [4.78, 5) is 16.1. The van der Waals surface area contributed by atoms with Gasteiger partial charge in [-0.15, -0.1) is 0 Å². The lowest BCUT2D eigenvalue weighted by atomic mass is 10.1. The lowest BCUT2D eigenvalue weighted by Crippen LogP contribution is -2.08. The molecule has 27 heavy (non-hydrogen) atoms. The first kappa shape index (κ1) is 17.6. The molecule has 2 aromatic heterocycles. The molecule has 2 heterocycles. The molecule has 0 amide bonds. The minimum atomic E-state index is -4.49. The number of hydrogen-bond donors (Lipinski definition) is 0. The molecule has 0 aliphatic heterocycles. The fourth-order valence-electron chi connectivity index (χ4n) is 3.69. The Morgan fingerprint density at radius 3 is 2.52 bits per heavy atom. The second kappa shape index (κ2) is 6.40. The summed E-state index contributed by atoms with van der Waals surface area (Å²) in [6.07, 6.45) is -1.98. The summed E-state index contributed by atoms with van der Waals surface area (Å²) < 4.78 is 45.2. The normalized spacial score (nSPS) is 22.0. The number of nitrogens with zero attached hydrogens (tertiary/aromatic N) is 2. The maximum Gasteiger partial charge on any atom is 0.434 e. The minimum Gasteiger partial charge on any atom is -0.466 e. The van der Waals surface area contributed by atoms with Gasteiger partial charge in [0.15, 0.2) is 5.69 Å². The van der Waals surface area contributed by atoms with Crippen molar-refractivity contribution in [3.63, 3.8) is 0 Å². The van der Waals surface area contributed by atoms with Gasteiger partial charge in [0, 0.05) is 24.2 Å². The second-order valence-corrected chi connectivity index (χ2v) is 6.59. The van der Waals surface area contributed by atoms with Crippen LogP contribution in [0.3, 0.4) is 0 Å². The van der Waals surface area contributed by atoms with Crippen molar-refractivity contribution in [1.29, 1.82) is 0 Å². The lowest BCUT2D eigenvalue weighted by molar-refractivity contribution is -0.145. The average molecular weight is 374 g/mol. The van der Waals surface area contributed by atoms with Gasteiger partial charge in [0.2, 0.25) is 0 Å². The number of hydrogen-bond acceptors (Lipinski definition) is 3. The van der Waals surface area contributed by atoms with Gasteiger partial charge < -0.3 is 9.14 Å². The SMILES string of the molecule is CCOC(=O)C1C(c2ccccc2)C1c1ccn2cc(C(F)(F)F)nc2c1. The maximum absolute atomic E-state index is 12.9. The van der Waals surface area contributed by atoms with Crippen molar-refractivity contribution in [2.75, 3.05) is 6.61 Å². The lowest BCUT2D eigenvalue weighted by Gasteiger charge is -2.02. The monoisotopic (exact) mass is 374 g/mol. The molecule has 0 bridgehead atoms. The summed E-state index contributed by atoms with van der Waals surface area (Å²) in [6, 6.07) is 13.0. The van der Waals surface area contributed by atoms with Crippen LogP contribution in [-0.2, 0) is 15.7 Å². The zero-order chi connectivity index (χ0) is 19.2. The van der Waals surface area contributed by atoms with Gasteiger partial charge in [0.1, 0.15) is 5.65 Å². The van der Waals surface area contributed by atoms with Gasteiger partial charge in [0.05, 0.1) is 12.5 Å². The van der Waals surface area contributed by atoms with Crippen LogP contribution in [0, 0.1) is 5.92 Å². The molecule has 3 unspecified atom stereocenters. The van der Waals surface area contributed by atoms with Crippen molar-refractivity contribution in [1.82, 2.24) is 9.38 Å². The molecule has 0 saturated heterocycles. The number of carbonyl (C=O) groups excluding carboxylic acids is 1. The van der Waals surface area contributed by atoms with Crippen molar-refractivity contribution in [3.8, 4) is 0 Å². The summed E-state index contributed by atoms with van der Waals surface area (Å²) in [5.74, 6) is -0.811. The van der Waals surface area contributed by atoms with E-state index in [0.717, 1.165) is 17.3 Å². The Kier molecular flexibility index (Phi) is 4.17. The van der Waals surface area contributed by atoms with Crippen molar-refractivity contribution >= 4 is 11.6 Å². The molecule has 3 aromatic rings. The number of esters is 1. The van der Waals surface area contributed by atoms with Gasteiger partial charge >= 0.3 is 12.1 Å². The number of benzene rings is 1. The van der Waals surface area contributed by atoms with Crippen LogP contribution in [0.15, 0.2) is 54.9 Å². The number of alkyl halides is 3. The zero-order valence-corrected chi connectivity index (χ0v) is 14.5. The molecular weight excluding hydrogens is 357 g/mol. The van der Waals surface area contributed by atoms with Crippen LogP contribution in [0.2, 0.25) is 0 Å². The number of halogens is 3. The van der Waals surface area contributed by atoms with E-state index in [1.165, 1.54) is 4.40 Å². The summed E-state index contributed by atoms with van der Waals surface area (Å²) in [5.41, 5.74) is 1.08. The summed E-state index contributed by atoms with van der Waals surface area (Å²) >= 11 is 0. The number of rotatable bonds is 4. The van der Waals surface area contributed by atoms with E-state index in [1.54, 1.807) is 25.3 Å². The molecule has 140 valence electrons. The van der Waals surface area contributed by atoms with E-state index < -0.39 is 11.9 Å². The smallest absolute Gasteiger partial charge is 0.434 e. The predicted molar refractivity (Wildman–Crippen MR) is 92.2 cm³/mol. The summed E-state index contributed by atoms with van der Waals surface area (Å²) in [7, 11) is 0. The third-order valence-corrected chi connectivity index (χ3v) is 4.92. The number of fused-ring (bicyclic) bond motifs is 1. The molecule has 1 aliphatic rings. The summed E-state index contributed by atoms with van der Waals surface area (Å²) in [5, 5.41) is 0. The molecule has 1 saturated carbocycles. The van der Waals surface area contributed by atoms with Crippen molar-refractivity contribution < 1.29 is 22.7 Å². The Hall–Kier alpha value is -2.83. The summed E-state index contributed by atoms with van der Waals surface area (Å²) in [6.45, 7) is 2.04. The van der Waals surface area contributed by atoms with E-state index in [4.69, 9.17) is 4.74 Å². The Balaban J connectivity index is 1.70. The topological polar surface area (TPSA) is 43.6 Å². The van der Waals surface area contributed by atoms with Gasteiger partial charge in [0.25, 0.3) is 0 Å². The largest absolute Gasteiger partial charge is 0.466 e. The number of carbonyl (C=O) groups is 1. The van der Waals surface area contributed by atoms with E-state index in [2.05, 4.69) is 4.98 Å². The van der Waals surface area contributed by atoms with Crippen LogP contribution in [0.25, 0.3) is 5.65 Å². The Morgan fingerprint density at radius 2 is 1.85 bits per heavy atom. The Morgan fingerprint density at radius 1 is 1.15 bits per heavy atom. The molecule has 4 rings (SSSR count). The Labute approximate surface area is 153 Å². The fourth-order valence-corrected chi connectivity index (χ4v) is 3.69. The Bertz CT molecular complexity index is 982. The molecule has 0 radical (unpaired) electrons. The van der Waals surface area contributed by atoms with Crippen molar-refractivity contribution in [3.05, 3.63) is 71.7 Å². The first-order valence-electron chi connectivity index (χ1n) is 8.67. The van der Waals surface area contributed by atoms with Gasteiger partial charge in [-0.05, 0) is 30.2 Å².